The second-order valence-electron chi connectivity index (χ2n) is 6.20. The van der Waals surface area contributed by atoms with Crippen molar-refractivity contribution in [1.82, 2.24) is 24.8 Å². The zero-order valence-corrected chi connectivity index (χ0v) is 17.5. The molecule has 3 rings (SSSR count). The number of hydrogen-bond acceptors (Lipinski definition) is 5. The second-order valence-corrected chi connectivity index (χ2v) is 7.44. The lowest BCUT2D eigenvalue weighted by Gasteiger charge is -2.26. The van der Waals surface area contributed by atoms with E-state index in [-0.39, 0.29) is 5.56 Å². The summed E-state index contributed by atoms with van der Waals surface area (Å²) in [6.45, 7) is 1.72. The molecule has 1 amide bonds. The van der Waals surface area contributed by atoms with Crippen molar-refractivity contribution >= 4 is 28.5 Å². The van der Waals surface area contributed by atoms with E-state index in [1.54, 1.807) is 29.5 Å². The average Bonchev–Trinajstić information content (AvgIpc) is 2.71. The summed E-state index contributed by atoms with van der Waals surface area (Å²) in [5.41, 5.74) is 0.478. The molecule has 29 heavy (non-hydrogen) atoms. The minimum atomic E-state index is -4.54. The van der Waals surface area contributed by atoms with Crippen molar-refractivity contribution in [3.8, 4) is 11.4 Å². The van der Waals surface area contributed by atoms with Crippen LogP contribution in [0.5, 0.6) is 0 Å². The molecule has 150 valence electrons. The summed E-state index contributed by atoms with van der Waals surface area (Å²) in [5, 5.41) is 0. The third-order valence-electron chi connectivity index (χ3n) is 4.30. The van der Waals surface area contributed by atoms with Crippen molar-refractivity contribution in [3.63, 3.8) is 0 Å². The molecule has 0 aliphatic rings. The lowest BCUT2D eigenvalue weighted by atomic mass is 10.1. The van der Waals surface area contributed by atoms with Gasteiger partial charge in [-0.3, -0.25) is 24.7 Å². The molecular weight excluding hydrogens is 498 g/mol. The van der Waals surface area contributed by atoms with Crippen molar-refractivity contribution in [1.29, 1.82) is 0 Å². The third-order valence-corrected chi connectivity index (χ3v) is 4.92. The number of hydrogen-bond donors (Lipinski definition) is 0. The molecule has 6 nitrogen and oxygen atoms in total. The van der Waals surface area contributed by atoms with Crippen molar-refractivity contribution in [2.75, 3.05) is 7.05 Å². The maximum absolute atomic E-state index is 13.1. The Labute approximate surface area is 178 Å². The van der Waals surface area contributed by atoms with Crippen LogP contribution in [0.1, 0.15) is 34.6 Å². The van der Waals surface area contributed by atoms with Gasteiger partial charge < -0.3 is 4.90 Å². The summed E-state index contributed by atoms with van der Waals surface area (Å²) in [7, 11) is 1.51. The first-order chi connectivity index (χ1) is 13.7. The van der Waals surface area contributed by atoms with E-state index in [2.05, 4.69) is 19.9 Å². The number of benzene rings is 1. The summed E-state index contributed by atoms with van der Waals surface area (Å²) in [5.74, 6) is -0.558. The van der Waals surface area contributed by atoms with Crippen LogP contribution >= 0.6 is 22.6 Å². The Morgan fingerprint density at radius 1 is 1.07 bits per heavy atom. The normalized spacial score (nSPS) is 12.5. The molecule has 0 saturated heterocycles. The minimum absolute atomic E-state index is 0.0523. The molecule has 0 radical (unpaired) electrons. The zero-order valence-electron chi connectivity index (χ0n) is 15.4. The minimum Gasteiger partial charge on any atom is -0.333 e. The molecule has 10 heteroatoms. The van der Waals surface area contributed by atoms with Crippen molar-refractivity contribution in [2.45, 2.75) is 19.1 Å². The fourth-order valence-corrected chi connectivity index (χ4v) is 3.38. The number of nitrogens with zero attached hydrogens (tertiary/aromatic N) is 5. The van der Waals surface area contributed by atoms with Gasteiger partial charge in [0, 0.05) is 41.0 Å². The molecule has 3 aromatic rings. The Bertz CT molecular complexity index is 1030. The van der Waals surface area contributed by atoms with E-state index < -0.39 is 23.7 Å². The first-order valence-electron chi connectivity index (χ1n) is 8.40. The molecule has 1 aromatic carbocycles. The Balaban J connectivity index is 1.95. The number of alkyl halides is 3. The molecule has 1 atom stereocenters. The van der Waals surface area contributed by atoms with Crippen LogP contribution in [0, 0.1) is 3.57 Å². The maximum Gasteiger partial charge on any atom is 0.416 e. The van der Waals surface area contributed by atoms with Gasteiger partial charge in [0.1, 0.15) is 11.4 Å². The molecule has 0 spiro atoms. The second kappa shape index (κ2) is 8.39. The molecule has 0 aliphatic carbocycles. The Morgan fingerprint density at radius 2 is 1.76 bits per heavy atom. The van der Waals surface area contributed by atoms with E-state index in [9.17, 15) is 18.0 Å². The number of carbonyl (C=O) groups is 1. The molecular formula is C19H15F3IN5O. The average molecular weight is 513 g/mol. The van der Waals surface area contributed by atoms with Crippen LogP contribution in [0.3, 0.4) is 0 Å². The van der Waals surface area contributed by atoms with Crippen molar-refractivity contribution in [2.24, 2.45) is 0 Å². The maximum atomic E-state index is 13.1. The standard InChI is InChI=1S/C19H15F3IN5O/c1-11(16-17(27-6-5-26-16)15-10-24-3-4-25-15)28(2)18(29)12-7-13(19(20,21)22)9-14(23)8-12/h3-11H,1-2H3/t11-/m0/s1. The number of rotatable bonds is 4. The van der Waals surface area contributed by atoms with Crippen LogP contribution in [-0.4, -0.2) is 37.8 Å². The molecule has 0 fully saturated rings. The summed E-state index contributed by atoms with van der Waals surface area (Å²) in [6, 6.07) is 2.70. The molecule has 0 bridgehead atoms. The third kappa shape index (κ3) is 4.69. The Kier molecular flexibility index (Phi) is 6.10. The molecule has 0 N–H and O–H groups in total. The van der Waals surface area contributed by atoms with E-state index in [0.717, 1.165) is 12.1 Å². The Morgan fingerprint density at radius 3 is 2.41 bits per heavy atom. The smallest absolute Gasteiger partial charge is 0.333 e. The lowest BCUT2D eigenvalue weighted by molar-refractivity contribution is -0.137. The first kappa shape index (κ1) is 21.1. The molecule has 0 saturated carbocycles. The van der Waals surface area contributed by atoms with Gasteiger partial charge in [-0.2, -0.15) is 13.2 Å². The SMILES string of the molecule is C[C@@H](c1nccnc1-c1cnccn1)N(C)C(=O)c1cc(I)cc(C(F)(F)F)c1. The van der Waals surface area contributed by atoms with Crippen LogP contribution < -0.4 is 0 Å². The van der Waals surface area contributed by atoms with E-state index in [1.165, 1.54) is 49.0 Å². The predicted molar refractivity (Wildman–Crippen MR) is 108 cm³/mol. The highest BCUT2D eigenvalue weighted by molar-refractivity contribution is 14.1. The highest BCUT2D eigenvalue weighted by Crippen LogP contribution is 2.32. The van der Waals surface area contributed by atoms with Crippen LogP contribution in [-0.2, 0) is 6.18 Å². The van der Waals surface area contributed by atoms with E-state index in [0.29, 0.717) is 20.7 Å². The van der Waals surface area contributed by atoms with Crippen LogP contribution in [0.4, 0.5) is 13.2 Å². The quantitative estimate of drug-likeness (QED) is 0.485. The number of aromatic nitrogens is 4. The monoisotopic (exact) mass is 513 g/mol. The number of amides is 1. The summed E-state index contributed by atoms with van der Waals surface area (Å²) in [4.78, 5) is 31.1. The van der Waals surface area contributed by atoms with Gasteiger partial charge in [-0.05, 0) is 47.7 Å². The van der Waals surface area contributed by atoms with Gasteiger partial charge in [0.05, 0.1) is 23.5 Å². The number of halogens is 4. The van der Waals surface area contributed by atoms with E-state index in [1.807, 2.05) is 0 Å². The van der Waals surface area contributed by atoms with Gasteiger partial charge >= 0.3 is 6.18 Å². The number of carbonyl (C=O) groups excluding carboxylic acids is 1. The van der Waals surface area contributed by atoms with E-state index >= 15 is 0 Å². The van der Waals surface area contributed by atoms with Gasteiger partial charge in [-0.1, -0.05) is 0 Å². The first-order valence-corrected chi connectivity index (χ1v) is 9.48. The highest BCUT2D eigenvalue weighted by Gasteiger charge is 2.32. The summed E-state index contributed by atoms with van der Waals surface area (Å²) in [6.07, 6.45) is 3.00. The van der Waals surface area contributed by atoms with Gasteiger partial charge in [0.15, 0.2) is 0 Å². The molecule has 2 aromatic heterocycles. The van der Waals surface area contributed by atoms with E-state index in [4.69, 9.17) is 0 Å². The zero-order chi connectivity index (χ0) is 21.2. The summed E-state index contributed by atoms with van der Waals surface area (Å²) < 4.78 is 39.7. The van der Waals surface area contributed by atoms with Gasteiger partial charge in [0.25, 0.3) is 5.91 Å². The topological polar surface area (TPSA) is 71.9 Å². The fraction of sp³-hybridized carbons (Fsp3) is 0.211. The van der Waals surface area contributed by atoms with Crippen molar-refractivity contribution in [3.05, 3.63) is 69.6 Å². The van der Waals surface area contributed by atoms with Gasteiger partial charge in [0.2, 0.25) is 0 Å². The molecule has 0 aliphatic heterocycles. The molecule has 0 unspecified atom stereocenters. The van der Waals surface area contributed by atoms with Gasteiger partial charge in [-0.25, -0.2) is 0 Å². The van der Waals surface area contributed by atoms with Crippen LogP contribution in [0.15, 0.2) is 49.2 Å². The van der Waals surface area contributed by atoms with Gasteiger partial charge in [-0.15, -0.1) is 0 Å². The van der Waals surface area contributed by atoms with Crippen LogP contribution in [0.25, 0.3) is 11.4 Å². The lowest BCUT2D eigenvalue weighted by Crippen LogP contribution is -2.31. The Hall–Kier alpha value is -2.63. The van der Waals surface area contributed by atoms with Crippen molar-refractivity contribution < 1.29 is 18.0 Å². The highest BCUT2D eigenvalue weighted by atomic mass is 127. The fourth-order valence-electron chi connectivity index (χ4n) is 2.71. The van der Waals surface area contributed by atoms with Crippen LogP contribution in [0.2, 0.25) is 0 Å². The molecule has 2 heterocycles. The predicted octanol–water partition coefficient (Wildman–Crippen LogP) is 4.39. The summed E-state index contributed by atoms with van der Waals surface area (Å²) >= 11 is 1.76. The largest absolute Gasteiger partial charge is 0.416 e.